The number of unbranched alkanes of at least 4 members (excludes halogenated alkanes) is 3. The van der Waals surface area contributed by atoms with Gasteiger partial charge in [0.15, 0.2) is 0 Å². The van der Waals surface area contributed by atoms with Gasteiger partial charge in [-0.1, -0.05) is 87.6 Å². The van der Waals surface area contributed by atoms with E-state index in [0.717, 1.165) is 11.7 Å². The van der Waals surface area contributed by atoms with Crippen LogP contribution in [0.1, 0.15) is 69.4 Å². The average molecular weight is 349 g/mol. The summed E-state index contributed by atoms with van der Waals surface area (Å²) in [6.07, 6.45) is 13.3. The van der Waals surface area contributed by atoms with Gasteiger partial charge in [0, 0.05) is 0 Å². The van der Waals surface area contributed by atoms with Crippen LogP contribution in [-0.4, -0.2) is 0 Å². The molecular formula is C25H32O. The summed E-state index contributed by atoms with van der Waals surface area (Å²) in [6, 6.07) is 19.0. The van der Waals surface area contributed by atoms with Crippen molar-refractivity contribution < 1.29 is 4.74 Å². The summed E-state index contributed by atoms with van der Waals surface area (Å²) in [5, 5.41) is 0. The van der Waals surface area contributed by atoms with E-state index >= 15 is 0 Å². The largest absolute Gasteiger partial charge is 0.489 e. The maximum Gasteiger partial charge on any atom is 0.119 e. The van der Waals surface area contributed by atoms with Crippen LogP contribution in [0.3, 0.4) is 0 Å². The molecule has 1 atom stereocenters. The van der Waals surface area contributed by atoms with Crippen LogP contribution < -0.4 is 4.74 Å². The molecule has 0 saturated heterocycles. The molecule has 0 fully saturated rings. The fourth-order valence-electron chi connectivity index (χ4n) is 3.78. The molecule has 0 heterocycles. The smallest absolute Gasteiger partial charge is 0.119 e. The third-order valence-electron chi connectivity index (χ3n) is 5.46. The van der Waals surface area contributed by atoms with Gasteiger partial charge in [0.2, 0.25) is 0 Å². The van der Waals surface area contributed by atoms with Gasteiger partial charge in [0.1, 0.15) is 12.4 Å². The van der Waals surface area contributed by atoms with Gasteiger partial charge in [-0.3, -0.25) is 0 Å². The molecule has 26 heavy (non-hydrogen) atoms. The highest BCUT2D eigenvalue weighted by Crippen LogP contribution is 2.33. The molecular weight excluding hydrogens is 316 g/mol. The molecule has 0 radical (unpaired) electrons. The van der Waals surface area contributed by atoms with Crippen LogP contribution in [0.15, 0.2) is 60.7 Å². The van der Waals surface area contributed by atoms with E-state index in [0.29, 0.717) is 6.61 Å². The van der Waals surface area contributed by atoms with Crippen molar-refractivity contribution in [2.45, 2.75) is 64.9 Å². The van der Waals surface area contributed by atoms with E-state index in [-0.39, 0.29) is 0 Å². The Balaban J connectivity index is 1.47. The summed E-state index contributed by atoms with van der Waals surface area (Å²) in [7, 11) is 0. The van der Waals surface area contributed by atoms with E-state index in [9.17, 15) is 0 Å². The molecule has 2 aromatic carbocycles. The van der Waals surface area contributed by atoms with Crippen molar-refractivity contribution >= 4 is 5.57 Å². The number of hydrogen-bond acceptors (Lipinski definition) is 1. The van der Waals surface area contributed by atoms with E-state index in [1.165, 1.54) is 68.1 Å². The fourth-order valence-corrected chi connectivity index (χ4v) is 3.78. The van der Waals surface area contributed by atoms with Crippen molar-refractivity contribution in [1.82, 2.24) is 0 Å². The Morgan fingerprint density at radius 3 is 2.42 bits per heavy atom. The van der Waals surface area contributed by atoms with Crippen molar-refractivity contribution in [2.24, 2.45) is 5.92 Å². The Labute approximate surface area is 159 Å². The molecule has 1 nitrogen and oxygen atoms in total. The predicted molar refractivity (Wildman–Crippen MR) is 111 cm³/mol. The van der Waals surface area contributed by atoms with Crippen LogP contribution in [0.5, 0.6) is 5.75 Å². The summed E-state index contributed by atoms with van der Waals surface area (Å²) in [5.41, 5.74) is 4.09. The standard InChI is InChI=1S/C25H32O/c1-2-3-4-6-9-21-12-14-23(15-13-21)24-16-18-25(19-17-24)26-20-22-10-7-5-8-11-22/h5,7-8,10-11,14,16-19,21H,2-4,6,9,12-13,15,20H2,1H3. The van der Waals surface area contributed by atoms with E-state index in [4.69, 9.17) is 4.74 Å². The number of hydrogen-bond donors (Lipinski definition) is 0. The summed E-state index contributed by atoms with van der Waals surface area (Å²) < 4.78 is 5.90. The van der Waals surface area contributed by atoms with Crippen LogP contribution in [0.4, 0.5) is 0 Å². The van der Waals surface area contributed by atoms with Gasteiger partial charge in [-0.25, -0.2) is 0 Å². The van der Waals surface area contributed by atoms with Crippen LogP contribution in [0.2, 0.25) is 0 Å². The zero-order chi connectivity index (χ0) is 18.0. The van der Waals surface area contributed by atoms with Crippen molar-refractivity contribution in [1.29, 1.82) is 0 Å². The zero-order valence-corrected chi connectivity index (χ0v) is 16.1. The normalized spacial score (nSPS) is 17.0. The molecule has 1 aliphatic carbocycles. The molecule has 0 saturated carbocycles. The lowest BCUT2D eigenvalue weighted by molar-refractivity contribution is 0.306. The number of ether oxygens (including phenoxy) is 1. The Bertz CT molecular complexity index is 669. The van der Waals surface area contributed by atoms with E-state index < -0.39 is 0 Å². The first-order valence-electron chi connectivity index (χ1n) is 10.3. The molecule has 0 spiro atoms. The first-order valence-corrected chi connectivity index (χ1v) is 10.3. The first kappa shape index (κ1) is 18.8. The quantitative estimate of drug-likeness (QED) is 0.428. The maximum absolute atomic E-state index is 5.90. The molecule has 0 N–H and O–H groups in total. The Kier molecular flexibility index (Phi) is 7.37. The van der Waals surface area contributed by atoms with Gasteiger partial charge in [-0.2, -0.15) is 0 Å². The van der Waals surface area contributed by atoms with Crippen LogP contribution in [0.25, 0.3) is 5.57 Å². The SMILES string of the molecule is CCCCCCC1CC=C(c2ccc(OCc3ccccc3)cc2)CC1. The summed E-state index contributed by atoms with van der Waals surface area (Å²) >= 11 is 0. The van der Waals surface area contributed by atoms with Gasteiger partial charge in [-0.05, 0) is 54.0 Å². The second kappa shape index (κ2) is 10.2. The summed E-state index contributed by atoms with van der Waals surface area (Å²) in [5.74, 6) is 1.85. The molecule has 1 heteroatoms. The Morgan fingerprint density at radius 1 is 0.923 bits per heavy atom. The average Bonchev–Trinajstić information content (AvgIpc) is 2.71. The number of allylic oxidation sites excluding steroid dienone is 2. The maximum atomic E-state index is 5.90. The monoisotopic (exact) mass is 348 g/mol. The van der Waals surface area contributed by atoms with E-state index in [1.54, 1.807) is 0 Å². The van der Waals surface area contributed by atoms with Gasteiger partial charge in [0.05, 0.1) is 0 Å². The second-order valence-corrected chi connectivity index (χ2v) is 7.52. The van der Waals surface area contributed by atoms with Crippen LogP contribution in [0, 0.1) is 5.92 Å². The number of benzene rings is 2. The second-order valence-electron chi connectivity index (χ2n) is 7.52. The zero-order valence-electron chi connectivity index (χ0n) is 16.1. The highest BCUT2D eigenvalue weighted by atomic mass is 16.5. The van der Waals surface area contributed by atoms with Gasteiger partial charge >= 0.3 is 0 Å². The lowest BCUT2D eigenvalue weighted by Gasteiger charge is -2.22. The fraction of sp³-hybridized carbons (Fsp3) is 0.440. The molecule has 0 aliphatic heterocycles. The minimum absolute atomic E-state index is 0.628. The molecule has 0 bridgehead atoms. The highest BCUT2D eigenvalue weighted by molar-refractivity contribution is 5.66. The van der Waals surface area contributed by atoms with Gasteiger partial charge in [0.25, 0.3) is 0 Å². The molecule has 138 valence electrons. The van der Waals surface area contributed by atoms with Crippen molar-refractivity contribution in [3.8, 4) is 5.75 Å². The van der Waals surface area contributed by atoms with Crippen LogP contribution >= 0.6 is 0 Å². The topological polar surface area (TPSA) is 9.23 Å². The Hall–Kier alpha value is -2.02. The van der Waals surface area contributed by atoms with Crippen LogP contribution in [-0.2, 0) is 6.61 Å². The van der Waals surface area contributed by atoms with E-state index in [2.05, 4.69) is 61.5 Å². The Morgan fingerprint density at radius 2 is 1.73 bits per heavy atom. The highest BCUT2D eigenvalue weighted by Gasteiger charge is 2.15. The molecule has 1 unspecified atom stereocenters. The van der Waals surface area contributed by atoms with Gasteiger partial charge < -0.3 is 4.74 Å². The summed E-state index contributed by atoms with van der Waals surface area (Å²) in [6.45, 7) is 2.91. The lowest BCUT2D eigenvalue weighted by atomic mass is 9.84. The molecule has 0 aromatic heterocycles. The predicted octanol–water partition coefficient (Wildman–Crippen LogP) is 7.42. The summed E-state index contributed by atoms with van der Waals surface area (Å²) in [4.78, 5) is 0. The molecule has 3 rings (SSSR count). The van der Waals surface area contributed by atoms with Crippen molar-refractivity contribution in [3.63, 3.8) is 0 Å². The first-order chi connectivity index (χ1) is 12.8. The molecule has 1 aliphatic rings. The minimum atomic E-state index is 0.628. The lowest BCUT2D eigenvalue weighted by Crippen LogP contribution is -2.05. The molecule has 2 aromatic rings. The molecule has 0 amide bonds. The van der Waals surface area contributed by atoms with E-state index in [1.807, 2.05) is 6.07 Å². The minimum Gasteiger partial charge on any atom is -0.489 e. The van der Waals surface area contributed by atoms with Crippen molar-refractivity contribution in [3.05, 3.63) is 71.8 Å². The number of rotatable bonds is 9. The third kappa shape index (κ3) is 5.76. The van der Waals surface area contributed by atoms with Gasteiger partial charge in [-0.15, -0.1) is 0 Å². The van der Waals surface area contributed by atoms with Crippen molar-refractivity contribution in [2.75, 3.05) is 0 Å². The third-order valence-corrected chi connectivity index (χ3v) is 5.46.